The number of aromatic nitrogens is 1. The van der Waals surface area contributed by atoms with E-state index in [4.69, 9.17) is 16.1 Å². The van der Waals surface area contributed by atoms with Crippen LogP contribution in [0.2, 0.25) is 5.02 Å². The van der Waals surface area contributed by atoms with Gasteiger partial charge in [0, 0.05) is 35.8 Å². The van der Waals surface area contributed by atoms with E-state index in [9.17, 15) is 4.79 Å². The van der Waals surface area contributed by atoms with Gasteiger partial charge < -0.3 is 14.7 Å². The van der Waals surface area contributed by atoms with Crippen LogP contribution >= 0.6 is 24.0 Å². The Hall–Kier alpha value is -1.56. The molecule has 23 heavy (non-hydrogen) atoms. The number of nitrogens with one attached hydrogen (secondary N) is 1. The molecule has 1 amide bonds. The lowest BCUT2D eigenvalue weighted by Crippen LogP contribution is -2.43. The third kappa shape index (κ3) is 4.05. The number of nitrogens with zero attached hydrogens (tertiary/aromatic N) is 2. The molecule has 0 unspecified atom stereocenters. The van der Waals surface area contributed by atoms with Gasteiger partial charge >= 0.3 is 0 Å². The molecular weight excluding hydrogens is 337 g/mol. The largest absolute Gasteiger partial charge is 0.350 e. The number of likely N-dealkylation sites (tertiary alicyclic amines) is 1. The van der Waals surface area contributed by atoms with Crippen molar-refractivity contribution in [3.63, 3.8) is 0 Å². The lowest BCUT2D eigenvalue weighted by Gasteiger charge is -2.31. The van der Waals surface area contributed by atoms with Crippen molar-refractivity contribution >= 4 is 29.9 Å². The maximum absolute atomic E-state index is 12.5. The molecule has 124 valence electrons. The van der Waals surface area contributed by atoms with Gasteiger partial charge in [0.2, 0.25) is 5.76 Å². The topological polar surface area (TPSA) is 58.4 Å². The summed E-state index contributed by atoms with van der Waals surface area (Å²) in [7, 11) is 1.95. The smallest absolute Gasteiger partial charge is 0.292 e. The number of rotatable bonds is 3. The molecule has 5 nitrogen and oxygen atoms in total. The molecule has 1 aliphatic heterocycles. The SMILES string of the molecule is CNC1CCN(C(=O)c2cc(-c3cccc(Cl)c3)no2)CC1.Cl. The van der Waals surface area contributed by atoms with Crippen LogP contribution in [-0.4, -0.2) is 42.1 Å². The Balaban J connectivity index is 0.00000192. The summed E-state index contributed by atoms with van der Waals surface area (Å²) in [6.45, 7) is 1.47. The maximum Gasteiger partial charge on any atom is 0.292 e. The summed E-state index contributed by atoms with van der Waals surface area (Å²) in [6.07, 6.45) is 1.91. The highest BCUT2D eigenvalue weighted by Crippen LogP contribution is 2.23. The molecule has 1 saturated heterocycles. The molecule has 0 atom stereocenters. The summed E-state index contributed by atoms with van der Waals surface area (Å²) in [5.41, 5.74) is 1.46. The van der Waals surface area contributed by atoms with Crippen LogP contribution in [0.3, 0.4) is 0 Å². The molecule has 2 heterocycles. The quantitative estimate of drug-likeness (QED) is 0.917. The molecule has 0 radical (unpaired) electrons. The van der Waals surface area contributed by atoms with E-state index in [1.54, 1.807) is 18.2 Å². The lowest BCUT2D eigenvalue weighted by atomic mass is 10.1. The van der Waals surface area contributed by atoms with E-state index in [-0.39, 0.29) is 24.1 Å². The summed E-state index contributed by atoms with van der Waals surface area (Å²) in [5.74, 6) is 0.174. The predicted octanol–water partition coefficient (Wildman–Crippen LogP) is 3.24. The van der Waals surface area contributed by atoms with Crippen molar-refractivity contribution in [1.82, 2.24) is 15.4 Å². The average Bonchev–Trinajstić information content (AvgIpc) is 3.04. The van der Waals surface area contributed by atoms with Crippen LogP contribution in [-0.2, 0) is 0 Å². The molecule has 3 rings (SSSR count). The van der Waals surface area contributed by atoms with E-state index in [0.29, 0.717) is 16.8 Å². The zero-order chi connectivity index (χ0) is 15.5. The van der Waals surface area contributed by atoms with Gasteiger partial charge in [-0.2, -0.15) is 0 Å². The van der Waals surface area contributed by atoms with E-state index < -0.39 is 0 Å². The Morgan fingerprint density at radius 3 is 2.74 bits per heavy atom. The molecule has 0 saturated carbocycles. The Morgan fingerprint density at radius 1 is 1.35 bits per heavy atom. The number of carbonyl (C=O) groups excluding carboxylic acids is 1. The molecule has 1 fully saturated rings. The van der Waals surface area contributed by atoms with Crippen molar-refractivity contribution < 1.29 is 9.32 Å². The minimum Gasteiger partial charge on any atom is -0.350 e. The van der Waals surface area contributed by atoms with Gasteiger partial charge in [0.25, 0.3) is 5.91 Å². The fraction of sp³-hybridized carbons (Fsp3) is 0.375. The first-order valence-corrected chi connectivity index (χ1v) is 7.74. The Morgan fingerprint density at radius 2 is 2.09 bits per heavy atom. The molecule has 1 N–H and O–H groups in total. The van der Waals surface area contributed by atoms with Crippen LogP contribution in [0.5, 0.6) is 0 Å². The van der Waals surface area contributed by atoms with Gasteiger partial charge in [-0.25, -0.2) is 0 Å². The van der Waals surface area contributed by atoms with E-state index in [2.05, 4.69) is 10.5 Å². The van der Waals surface area contributed by atoms with Crippen molar-refractivity contribution in [2.24, 2.45) is 0 Å². The number of benzene rings is 1. The zero-order valence-corrected chi connectivity index (χ0v) is 14.4. The number of carbonyl (C=O) groups is 1. The van der Waals surface area contributed by atoms with Crippen LogP contribution in [0.4, 0.5) is 0 Å². The summed E-state index contributed by atoms with van der Waals surface area (Å²) >= 11 is 5.97. The maximum atomic E-state index is 12.5. The monoisotopic (exact) mass is 355 g/mol. The Kier molecular flexibility index (Phi) is 6.04. The zero-order valence-electron chi connectivity index (χ0n) is 12.8. The van der Waals surface area contributed by atoms with Crippen LogP contribution in [0.1, 0.15) is 23.4 Å². The number of piperidine rings is 1. The second-order valence-electron chi connectivity index (χ2n) is 5.44. The normalized spacial score (nSPS) is 15.3. The second kappa shape index (κ2) is 7.81. The van der Waals surface area contributed by atoms with Gasteiger partial charge in [0.05, 0.1) is 0 Å². The first kappa shape index (κ1) is 17.8. The molecule has 0 aliphatic carbocycles. The molecule has 1 aromatic carbocycles. The summed E-state index contributed by atoms with van der Waals surface area (Å²) in [4.78, 5) is 14.3. The van der Waals surface area contributed by atoms with Crippen molar-refractivity contribution in [3.05, 3.63) is 41.1 Å². The summed E-state index contributed by atoms with van der Waals surface area (Å²) in [5, 5.41) is 7.86. The number of hydrogen-bond donors (Lipinski definition) is 1. The first-order valence-electron chi connectivity index (χ1n) is 7.36. The number of amides is 1. The molecule has 1 aliphatic rings. The minimum absolute atomic E-state index is 0. The highest BCUT2D eigenvalue weighted by atomic mass is 35.5. The molecule has 2 aromatic rings. The average molecular weight is 356 g/mol. The van der Waals surface area contributed by atoms with Crippen molar-refractivity contribution in [2.45, 2.75) is 18.9 Å². The Labute approximate surface area is 146 Å². The van der Waals surface area contributed by atoms with Crippen LogP contribution in [0.25, 0.3) is 11.3 Å². The van der Waals surface area contributed by atoms with Gasteiger partial charge in [-0.3, -0.25) is 4.79 Å². The van der Waals surface area contributed by atoms with Gasteiger partial charge in [-0.05, 0) is 32.0 Å². The number of hydrogen-bond acceptors (Lipinski definition) is 4. The van der Waals surface area contributed by atoms with Gasteiger partial charge in [0.15, 0.2) is 0 Å². The predicted molar refractivity (Wildman–Crippen MR) is 92.2 cm³/mol. The Bertz CT molecular complexity index is 667. The molecular formula is C16H19Cl2N3O2. The second-order valence-corrected chi connectivity index (χ2v) is 5.88. The van der Waals surface area contributed by atoms with Crippen LogP contribution in [0.15, 0.2) is 34.9 Å². The third-order valence-electron chi connectivity index (χ3n) is 4.03. The van der Waals surface area contributed by atoms with Crippen LogP contribution in [0, 0.1) is 0 Å². The van der Waals surface area contributed by atoms with Crippen molar-refractivity contribution in [3.8, 4) is 11.3 Å². The van der Waals surface area contributed by atoms with E-state index in [1.165, 1.54) is 0 Å². The molecule has 1 aromatic heterocycles. The molecule has 0 spiro atoms. The fourth-order valence-electron chi connectivity index (χ4n) is 2.69. The standard InChI is InChI=1S/C16H18ClN3O2.ClH/c1-18-13-5-7-20(8-6-13)16(21)15-10-14(19-22-15)11-3-2-4-12(17)9-11;/h2-4,9-10,13,18H,5-8H2,1H3;1H. The number of halogens is 2. The molecule has 7 heteroatoms. The minimum atomic E-state index is -0.102. The molecule has 0 bridgehead atoms. The van der Waals surface area contributed by atoms with Gasteiger partial charge in [-0.1, -0.05) is 28.9 Å². The highest BCUT2D eigenvalue weighted by molar-refractivity contribution is 6.30. The highest BCUT2D eigenvalue weighted by Gasteiger charge is 2.25. The summed E-state index contributed by atoms with van der Waals surface area (Å²) in [6, 6.07) is 9.49. The summed E-state index contributed by atoms with van der Waals surface area (Å²) < 4.78 is 5.23. The lowest BCUT2D eigenvalue weighted by molar-refractivity contribution is 0.0665. The first-order chi connectivity index (χ1) is 10.7. The van der Waals surface area contributed by atoms with E-state index >= 15 is 0 Å². The van der Waals surface area contributed by atoms with Crippen molar-refractivity contribution in [2.75, 3.05) is 20.1 Å². The van der Waals surface area contributed by atoms with Crippen molar-refractivity contribution in [1.29, 1.82) is 0 Å². The third-order valence-corrected chi connectivity index (χ3v) is 4.27. The fourth-order valence-corrected chi connectivity index (χ4v) is 2.88. The van der Waals surface area contributed by atoms with Gasteiger partial charge in [-0.15, -0.1) is 12.4 Å². The van der Waals surface area contributed by atoms with Crippen LogP contribution < -0.4 is 5.32 Å². The van der Waals surface area contributed by atoms with E-state index in [1.807, 2.05) is 24.1 Å². The van der Waals surface area contributed by atoms with Gasteiger partial charge in [0.1, 0.15) is 5.69 Å². The van der Waals surface area contributed by atoms with E-state index in [0.717, 1.165) is 31.5 Å².